The van der Waals surface area contributed by atoms with E-state index in [2.05, 4.69) is 0 Å². The van der Waals surface area contributed by atoms with Crippen LogP contribution in [0.1, 0.15) is 0 Å². The van der Waals surface area contributed by atoms with Crippen molar-refractivity contribution in [2.24, 2.45) is 11.8 Å². The lowest BCUT2D eigenvalue weighted by molar-refractivity contribution is -0.152. The van der Waals surface area contributed by atoms with E-state index in [0.717, 1.165) is 0 Å². The van der Waals surface area contributed by atoms with Crippen LogP contribution in [0, 0.1) is 11.8 Å². The van der Waals surface area contributed by atoms with E-state index in [1.54, 1.807) is 6.08 Å². The highest BCUT2D eigenvalue weighted by atomic mass is 16.6. The number of aliphatic carboxylic acids is 2. The maximum atomic E-state index is 10.7. The van der Waals surface area contributed by atoms with Crippen LogP contribution in [-0.4, -0.2) is 34.4 Å². The van der Waals surface area contributed by atoms with Crippen molar-refractivity contribution in [3.05, 3.63) is 12.2 Å². The Balaban J connectivity index is 2.25. The predicted octanol–water partition coefficient (Wildman–Crippen LogP) is -0.275. The van der Waals surface area contributed by atoms with Crippen LogP contribution in [0.2, 0.25) is 0 Å². The van der Waals surface area contributed by atoms with Gasteiger partial charge in [-0.05, 0) is 0 Å². The second-order valence-electron chi connectivity index (χ2n) is 3.18. The van der Waals surface area contributed by atoms with Gasteiger partial charge in [0.1, 0.15) is 18.1 Å². The van der Waals surface area contributed by atoms with E-state index in [4.69, 9.17) is 14.9 Å². The second-order valence-corrected chi connectivity index (χ2v) is 3.18. The molecule has 1 saturated heterocycles. The largest absolute Gasteiger partial charge is 0.481 e. The normalized spacial score (nSPS) is 40.9. The van der Waals surface area contributed by atoms with Gasteiger partial charge in [0.2, 0.25) is 0 Å². The van der Waals surface area contributed by atoms with E-state index in [1.807, 2.05) is 0 Å². The van der Waals surface area contributed by atoms with Crippen molar-refractivity contribution in [1.29, 1.82) is 0 Å². The third-order valence-corrected chi connectivity index (χ3v) is 2.38. The number of fused-ring (bicyclic) bond motifs is 1. The smallest absolute Gasteiger partial charge is 0.311 e. The van der Waals surface area contributed by atoms with Crippen molar-refractivity contribution in [2.75, 3.05) is 0 Å². The Kier molecular flexibility index (Phi) is 1.63. The first-order chi connectivity index (χ1) is 6.11. The predicted molar refractivity (Wildman–Crippen MR) is 40.1 cm³/mol. The number of ether oxygens (including phenoxy) is 1. The highest BCUT2D eigenvalue weighted by molar-refractivity contribution is 5.83. The molecule has 13 heavy (non-hydrogen) atoms. The summed E-state index contributed by atoms with van der Waals surface area (Å²) >= 11 is 0. The number of epoxide rings is 1. The van der Waals surface area contributed by atoms with Gasteiger partial charge in [-0.15, -0.1) is 0 Å². The second kappa shape index (κ2) is 2.56. The molecule has 2 N–H and O–H groups in total. The number of hydrogen-bond acceptors (Lipinski definition) is 3. The average Bonchev–Trinajstić information content (AvgIpc) is 2.79. The van der Waals surface area contributed by atoms with E-state index in [1.165, 1.54) is 6.08 Å². The Morgan fingerprint density at radius 3 is 2.38 bits per heavy atom. The highest BCUT2D eigenvalue weighted by Gasteiger charge is 2.54. The Labute approximate surface area is 73.6 Å². The van der Waals surface area contributed by atoms with Gasteiger partial charge < -0.3 is 14.9 Å². The maximum absolute atomic E-state index is 10.7. The third-order valence-electron chi connectivity index (χ3n) is 2.38. The van der Waals surface area contributed by atoms with E-state index < -0.39 is 29.9 Å². The zero-order chi connectivity index (χ0) is 9.59. The average molecular weight is 184 g/mol. The molecular formula is C8H8O5. The molecule has 1 aliphatic heterocycles. The van der Waals surface area contributed by atoms with Crippen LogP contribution in [0.25, 0.3) is 0 Å². The topological polar surface area (TPSA) is 87.1 Å². The molecule has 2 aliphatic rings. The van der Waals surface area contributed by atoms with E-state index in [-0.39, 0.29) is 6.10 Å². The van der Waals surface area contributed by atoms with Crippen LogP contribution >= 0.6 is 0 Å². The van der Waals surface area contributed by atoms with Gasteiger partial charge in [-0.3, -0.25) is 9.59 Å². The van der Waals surface area contributed by atoms with Gasteiger partial charge in [0.25, 0.3) is 0 Å². The number of carboxylic acid groups (broad SMARTS) is 2. The quantitative estimate of drug-likeness (QED) is 0.455. The fourth-order valence-corrected chi connectivity index (χ4v) is 1.66. The van der Waals surface area contributed by atoms with E-state index in [0.29, 0.717) is 0 Å². The lowest BCUT2D eigenvalue weighted by Crippen LogP contribution is -2.35. The molecule has 0 aromatic carbocycles. The molecule has 0 aromatic rings. The molecule has 2 rings (SSSR count). The minimum absolute atomic E-state index is 0.184. The van der Waals surface area contributed by atoms with Crippen molar-refractivity contribution < 1.29 is 24.5 Å². The van der Waals surface area contributed by atoms with Crippen molar-refractivity contribution in [3.8, 4) is 0 Å². The van der Waals surface area contributed by atoms with Gasteiger partial charge >= 0.3 is 11.9 Å². The number of carbonyl (C=O) groups is 2. The summed E-state index contributed by atoms with van der Waals surface area (Å²) in [5.74, 6) is -4.12. The molecule has 5 heteroatoms. The molecule has 1 heterocycles. The molecule has 0 spiro atoms. The number of rotatable bonds is 2. The molecule has 0 aromatic heterocycles. The fourth-order valence-electron chi connectivity index (χ4n) is 1.66. The van der Waals surface area contributed by atoms with E-state index in [9.17, 15) is 9.59 Å². The molecular weight excluding hydrogens is 176 g/mol. The van der Waals surface area contributed by atoms with Crippen molar-refractivity contribution in [2.45, 2.75) is 12.2 Å². The zero-order valence-electron chi connectivity index (χ0n) is 6.58. The van der Waals surface area contributed by atoms with Crippen molar-refractivity contribution in [3.63, 3.8) is 0 Å². The Morgan fingerprint density at radius 2 is 1.85 bits per heavy atom. The number of hydrogen-bond donors (Lipinski definition) is 2. The summed E-state index contributed by atoms with van der Waals surface area (Å²) in [4.78, 5) is 21.4. The first kappa shape index (κ1) is 8.25. The van der Waals surface area contributed by atoms with Crippen LogP contribution in [0.5, 0.6) is 0 Å². The van der Waals surface area contributed by atoms with Crippen LogP contribution in [-0.2, 0) is 14.3 Å². The van der Waals surface area contributed by atoms with Gasteiger partial charge in [0, 0.05) is 0 Å². The summed E-state index contributed by atoms with van der Waals surface area (Å²) in [6.07, 6.45) is 2.39. The van der Waals surface area contributed by atoms with Crippen LogP contribution in [0.15, 0.2) is 12.2 Å². The van der Waals surface area contributed by atoms with Gasteiger partial charge in [0.15, 0.2) is 0 Å². The maximum Gasteiger partial charge on any atom is 0.311 e. The van der Waals surface area contributed by atoms with Crippen molar-refractivity contribution >= 4 is 11.9 Å². The Hall–Kier alpha value is -1.36. The Morgan fingerprint density at radius 1 is 1.15 bits per heavy atom. The minimum atomic E-state index is -1.11. The lowest BCUT2D eigenvalue weighted by atomic mass is 9.84. The fraction of sp³-hybridized carbons (Fsp3) is 0.500. The molecule has 1 fully saturated rings. The lowest BCUT2D eigenvalue weighted by Gasteiger charge is -2.17. The molecule has 4 atom stereocenters. The first-order valence-corrected chi connectivity index (χ1v) is 3.90. The molecule has 0 unspecified atom stereocenters. The van der Waals surface area contributed by atoms with Gasteiger partial charge in [-0.2, -0.15) is 0 Å². The summed E-state index contributed by atoms with van der Waals surface area (Å²) < 4.78 is 5.00. The standard InChI is InChI=1S/C8H8O5/c9-7(10)3-1-2-4-6(13-4)5(3)8(11)12/h1-6H,(H,9,10)(H,11,12)/t3-,4-,5-,6-/m1/s1. The van der Waals surface area contributed by atoms with Gasteiger partial charge in [-0.1, -0.05) is 12.2 Å². The van der Waals surface area contributed by atoms with Gasteiger partial charge in [-0.25, -0.2) is 0 Å². The Bertz CT molecular complexity index is 295. The van der Waals surface area contributed by atoms with Crippen LogP contribution in [0.4, 0.5) is 0 Å². The molecule has 0 bridgehead atoms. The summed E-state index contributed by atoms with van der Waals surface area (Å²) in [6, 6.07) is 0. The minimum Gasteiger partial charge on any atom is -0.481 e. The summed E-state index contributed by atoms with van der Waals surface area (Å²) in [5, 5.41) is 17.5. The summed E-state index contributed by atoms with van der Waals surface area (Å²) in [5.41, 5.74) is 0. The van der Waals surface area contributed by atoms with Crippen LogP contribution < -0.4 is 0 Å². The van der Waals surface area contributed by atoms with Gasteiger partial charge in [0.05, 0.1) is 5.92 Å². The molecule has 0 radical (unpaired) electrons. The zero-order valence-corrected chi connectivity index (χ0v) is 6.58. The molecule has 0 saturated carbocycles. The first-order valence-electron chi connectivity index (χ1n) is 3.90. The molecule has 70 valence electrons. The molecule has 0 amide bonds. The third kappa shape index (κ3) is 1.21. The summed E-state index contributed by atoms with van der Waals surface area (Å²) in [7, 11) is 0. The molecule has 5 nitrogen and oxygen atoms in total. The van der Waals surface area contributed by atoms with E-state index >= 15 is 0 Å². The number of carboxylic acids is 2. The van der Waals surface area contributed by atoms with Crippen molar-refractivity contribution in [1.82, 2.24) is 0 Å². The van der Waals surface area contributed by atoms with Crippen LogP contribution in [0.3, 0.4) is 0 Å². The SMILES string of the molecule is O=C(O)[C@H]1[C@@H]2O[C@@H]2C=C[C@H]1C(=O)O. The molecule has 1 aliphatic carbocycles. The summed E-state index contributed by atoms with van der Waals surface area (Å²) in [6.45, 7) is 0. The monoisotopic (exact) mass is 184 g/mol. The highest BCUT2D eigenvalue weighted by Crippen LogP contribution is 2.39.